The first-order valence-electron chi connectivity index (χ1n) is 14.6. The molecular formula is C34H18CaCl2N4Na2O12S2. The van der Waals surface area contributed by atoms with Crippen LogP contribution in [0.15, 0.2) is 127 Å². The molecule has 6 aromatic carbocycles. The van der Waals surface area contributed by atoms with E-state index in [1.807, 2.05) is 0 Å². The van der Waals surface area contributed by atoms with Gasteiger partial charge < -0.3 is 29.8 Å². The number of azo groups is 2. The van der Waals surface area contributed by atoms with Crippen LogP contribution < -0.4 is 74.4 Å². The van der Waals surface area contributed by atoms with Gasteiger partial charge in [-0.3, -0.25) is 4.55 Å². The molecule has 0 fully saturated rings. The van der Waals surface area contributed by atoms with E-state index in [0.717, 1.165) is 18.2 Å². The Bertz CT molecular complexity index is 2630. The van der Waals surface area contributed by atoms with Gasteiger partial charge in [0, 0.05) is 16.3 Å². The average Bonchev–Trinajstić information content (AvgIpc) is 3.10. The number of carbonyl (C=O) groups excluding carboxylic acids is 1. The Morgan fingerprint density at radius 3 is 1.44 bits per heavy atom. The summed E-state index contributed by atoms with van der Waals surface area (Å²) < 4.78 is 66.8. The monoisotopic (exact) mass is 894 g/mol. The van der Waals surface area contributed by atoms with Gasteiger partial charge in [-0.2, -0.15) is 18.6 Å². The number of carbonyl (C=O) groups is 2. The van der Waals surface area contributed by atoms with Crippen molar-refractivity contribution in [2.24, 2.45) is 20.5 Å². The molecule has 16 nitrogen and oxygen atoms in total. The number of fused-ring (bicyclic) bond motifs is 2. The Morgan fingerprint density at radius 1 is 0.614 bits per heavy atom. The molecule has 0 unspecified atom stereocenters. The van der Waals surface area contributed by atoms with Crippen LogP contribution in [0.2, 0.25) is 10.0 Å². The van der Waals surface area contributed by atoms with Crippen molar-refractivity contribution in [2.45, 2.75) is 9.79 Å². The van der Waals surface area contributed by atoms with Gasteiger partial charge in [-0.25, -0.2) is 13.2 Å². The molecule has 0 bridgehead atoms. The molecule has 0 radical (unpaired) electrons. The number of aromatic carboxylic acids is 2. The maximum Gasteiger partial charge on any atom is 2.00 e. The van der Waals surface area contributed by atoms with Gasteiger partial charge in [0.25, 0.3) is 10.1 Å². The number of hydrogen-bond acceptors (Lipinski definition) is 14. The molecule has 0 saturated heterocycles. The number of benzene rings is 6. The summed E-state index contributed by atoms with van der Waals surface area (Å²) >= 11 is 11.4. The van der Waals surface area contributed by atoms with Crippen molar-refractivity contribution in [3.05, 3.63) is 118 Å². The van der Waals surface area contributed by atoms with Crippen LogP contribution in [0, 0.1) is 0 Å². The smallest absolute Gasteiger partial charge is 0.871 e. The Kier molecular flexibility index (Phi) is 18.5. The number of halogens is 2. The van der Waals surface area contributed by atoms with E-state index in [1.54, 1.807) is 60.7 Å². The third kappa shape index (κ3) is 12.2. The van der Waals surface area contributed by atoms with E-state index in [4.69, 9.17) is 28.3 Å². The largest absolute Gasteiger partial charge is 2.00 e. The first kappa shape index (κ1) is 50.4. The van der Waals surface area contributed by atoms with Crippen LogP contribution in [0.4, 0.5) is 22.7 Å². The van der Waals surface area contributed by atoms with Gasteiger partial charge in [0.1, 0.15) is 26.4 Å². The van der Waals surface area contributed by atoms with Gasteiger partial charge in [-0.15, -0.1) is 10.2 Å². The summed E-state index contributed by atoms with van der Waals surface area (Å²) in [6.45, 7) is 0. The first-order chi connectivity index (χ1) is 25.4. The predicted molar refractivity (Wildman–Crippen MR) is 193 cm³/mol. The van der Waals surface area contributed by atoms with E-state index >= 15 is 0 Å². The average molecular weight is 896 g/mol. The van der Waals surface area contributed by atoms with Crippen molar-refractivity contribution in [2.75, 3.05) is 0 Å². The minimum atomic E-state index is -5.04. The van der Waals surface area contributed by atoms with Crippen LogP contribution in [0.1, 0.15) is 20.7 Å². The second-order valence-corrected chi connectivity index (χ2v) is 14.3. The minimum absolute atomic E-state index is 0. The van der Waals surface area contributed by atoms with Crippen molar-refractivity contribution in [3.8, 4) is 11.5 Å². The molecule has 57 heavy (non-hydrogen) atoms. The normalized spacial score (nSPS) is 11.3. The van der Waals surface area contributed by atoms with Crippen LogP contribution in [0.25, 0.3) is 21.5 Å². The zero-order valence-corrected chi connectivity index (χ0v) is 38.6. The number of hydrogen-bond donors (Lipinski definition) is 2. The molecule has 0 atom stereocenters. The van der Waals surface area contributed by atoms with Crippen molar-refractivity contribution in [1.29, 1.82) is 0 Å². The van der Waals surface area contributed by atoms with Crippen molar-refractivity contribution < 1.29 is 115 Å². The van der Waals surface area contributed by atoms with E-state index in [1.165, 1.54) is 12.1 Å². The summed E-state index contributed by atoms with van der Waals surface area (Å²) in [5.74, 6) is -4.06. The van der Waals surface area contributed by atoms with E-state index in [9.17, 15) is 50.8 Å². The molecule has 23 heteroatoms. The molecule has 6 aromatic rings. The van der Waals surface area contributed by atoms with Crippen molar-refractivity contribution in [1.82, 2.24) is 0 Å². The molecule has 0 heterocycles. The van der Waals surface area contributed by atoms with Crippen LogP contribution >= 0.6 is 23.2 Å². The molecule has 276 valence electrons. The predicted octanol–water partition coefficient (Wildman–Crippen LogP) is -0.196. The first-order valence-corrected chi connectivity index (χ1v) is 18.2. The molecule has 0 spiro atoms. The molecule has 6 rings (SSSR count). The quantitative estimate of drug-likeness (QED) is 0.114. The zero-order chi connectivity index (χ0) is 39.5. The Balaban J connectivity index is 0.000000374. The van der Waals surface area contributed by atoms with Crippen LogP contribution in [0.5, 0.6) is 11.5 Å². The van der Waals surface area contributed by atoms with E-state index in [2.05, 4.69) is 20.5 Å². The Labute approximate surface area is 407 Å². The van der Waals surface area contributed by atoms with E-state index in [-0.39, 0.29) is 108 Å². The second-order valence-electron chi connectivity index (χ2n) is 10.8. The fraction of sp³-hybridized carbons (Fsp3) is 0. The van der Waals surface area contributed by atoms with Crippen LogP contribution in [0.3, 0.4) is 0 Å². The number of carboxylic acids is 2. The number of carboxylic acid groups (broad SMARTS) is 2. The molecular weight excluding hydrogens is 877 g/mol. The maximum absolute atomic E-state index is 12.1. The summed E-state index contributed by atoms with van der Waals surface area (Å²) in [7, 11) is -9.80. The van der Waals surface area contributed by atoms with Crippen LogP contribution in [-0.4, -0.2) is 80.7 Å². The number of rotatable bonds is 8. The van der Waals surface area contributed by atoms with Gasteiger partial charge in [0.15, 0.2) is 0 Å². The van der Waals surface area contributed by atoms with E-state index in [0.29, 0.717) is 27.6 Å². The molecule has 2 N–H and O–H groups in total. The molecule has 0 aliphatic rings. The third-order valence-corrected chi connectivity index (χ3v) is 9.71. The maximum atomic E-state index is 12.1. The van der Waals surface area contributed by atoms with Gasteiger partial charge in [-0.1, -0.05) is 107 Å². The van der Waals surface area contributed by atoms with Crippen molar-refractivity contribution in [3.63, 3.8) is 0 Å². The summed E-state index contributed by atoms with van der Waals surface area (Å²) in [5.41, 5.74) is -2.18. The van der Waals surface area contributed by atoms with Gasteiger partial charge in [0.05, 0.1) is 37.8 Å². The Morgan fingerprint density at radius 2 is 1.02 bits per heavy atom. The molecule has 0 amide bonds. The zero-order valence-electron chi connectivity index (χ0n) is 29.3. The van der Waals surface area contributed by atoms with Crippen LogP contribution in [-0.2, 0) is 20.2 Å². The van der Waals surface area contributed by atoms with Gasteiger partial charge in [-0.05, 0) is 35.0 Å². The Hall–Kier alpha value is -2.76. The number of nitrogens with zero attached hydrogens (tertiary/aromatic N) is 4. The molecule has 0 aliphatic heterocycles. The van der Waals surface area contributed by atoms with Gasteiger partial charge >= 0.3 is 103 Å². The van der Waals surface area contributed by atoms with Crippen molar-refractivity contribution >= 4 is 137 Å². The fourth-order valence-corrected chi connectivity index (χ4v) is 6.72. The standard InChI is InChI=1S/2C17H11ClN2O6S.Ca.2Na/c2*18-12-8-15(27(24,25)26)13(7-11(12)17(22)23)19-20-16-10-4-2-1-3-9(10)5-6-14(16)21;;;/h2*1-8,21H,(H,22,23)(H,24,25,26);;;/q;;+2;2*+1/p-4. The third-order valence-electron chi connectivity index (χ3n) is 7.34. The summed E-state index contributed by atoms with van der Waals surface area (Å²) in [5, 5.41) is 60.8. The summed E-state index contributed by atoms with van der Waals surface area (Å²) in [6, 6.07) is 22.4. The molecule has 0 saturated carbocycles. The summed E-state index contributed by atoms with van der Waals surface area (Å²) in [4.78, 5) is 20.7. The molecule has 0 aromatic heterocycles. The minimum Gasteiger partial charge on any atom is -0.871 e. The van der Waals surface area contributed by atoms with Gasteiger partial charge in [0.2, 0.25) is 0 Å². The fourth-order valence-electron chi connectivity index (χ4n) is 4.85. The summed E-state index contributed by atoms with van der Waals surface area (Å²) in [6.07, 6.45) is 0. The topological polar surface area (TPSA) is 285 Å². The molecule has 0 aliphatic carbocycles. The SMILES string of the molecule is O=C(O)c1cc(N=Nc2c([O-])ccc3ccccc23)c(S(=O)(=O)O)cc1Cl.O=C([O-])c1cc(N=Nc2c([O-])ccc3ccccc23)c(S(=O)(=O)[O-])cc1Cl.[Ca+2].[Na+].[Na+]. The van der Waals surface area contributed by atoms with E-state index < -0.39 is 86.0 Å². The second kappa shape index (κ2) is 21.0.